The lowest BCUT2D eigenvalue weighted by molar-refractivity contribution is -0.124. The highest BCUT2D eigenvalue weighted by Gasteiger charge is 2.21. The zero-order chi connectivity index (χ0) is 13.7. The van der Waals surface area contributed by atoms with Crippen LogP contribution >= 0.6 is 24.0 Å². The molecule has 0 aromatic carbocycles. The second-order valence-corrected chi connectivity index (χ2v) is 5.11. The number of hydrogen-bond acceptors (Lipinski definition) is 6. The number of carbonyl (C=O) groups is 1. The Hall–Kier alpha value is -1.41. The van der Waals surface area contributed by atoms with E-state index in [1.807, 2.05) is 23.8 Å². The van der Waals surface area contributed by atoms with Gasteiger partial charge in [-0.15, -0.1) is 10.2 Å². The predicted octanol–water partition coefficient (Wildman–Crippen LogP) is 1.40. The van der Waals surface area contributed by atoms with E-state index >= 15 is 0 Å². The Bertz CT molecular complexity index is 525. The van der Waals surface area contributed by atoms with Gasteiger partial charge in [-0.05, 0) is 23.1 Å². The molecule has 0 saturated carbocycles. The number of thiol groups is 1. The quantitative estimate of drug-likeness (QED) is 0.791. The maximum atomic E-state index is 12.0. The predicted molar refractivity (Wildman–Crippen MR) is 77.3 cm³/mol. The molecule has 0 aliphatic rings. The van der Waals surface area contributed by atoms with Crippen molar-refractivity contribution in [3.63, 3.8) is 0 Å². The Kier molecular flexibility index (Phi) is 4.92. The molecule has 0 aliphatic heterocycles. The number of hydrogen-bond donors (Lipinski definition) is 2. The number of rotatable bonds is 6. The highest BCUT2D eigenvalue weighted by atomic mass is 32.1. The van der Waals surface area contributed by atoms with Crippen molar-refractivity contribution in [1.29, 1.82) is 0 Å². The summed E-state index contributed by atoms with van der Waals surface area (Å²) in [6.45, 7) is 2.45. The Morgan fingerprint density at radius 3 is 3.11 bits per heavy atom. The van der Waals surface area contributed by atoms with Crippen molar-refractivity contribution < 1.29 is 4.79 Å². The molecular formula is C11H15N5OS2. The molecule has 102 valence electrons. The molecule has 1 N–H and O–H groups in total. The summed E-state index contributed by atoms with van der Waals surface area (Å²) in [5.74, 6) is 1.04. The van der Waals surface area contributed by atoms with Crippen LogP contribution in [0.15, 0.2) is 16.8 Å². The highest BCUT2D eigenvalue weighted by Crippen LogP contribution is 2.18. The van der Waals surface area contributed by atoms with E-state index in [9.17, 15) is 4.79 Å². The molecule has 2 rings (SSSR count). The molecule has 1 amide bonds. The number of tetrazole rings is 1. The summed E-state index contributed by atoms with van der Waals surface area (Å²) in [4.78, 5) is 13.3. The van der Waals surface area contributed by atoms with Crippen molar-refractivity contribution in [1.82, 2.24) is 25.5 Å². The molecule has 0 saturated heterocycles. The monoisotopic (exact) mass is 297 g/mol. The van der Waals surface area contributed by atoms with Gasteiger partial charge >= 0.3 is 0 Å². The van der Waals surface area contributed by atoms with E-state index in [1.165, 1.54) is 4.80 Å². The molecule has 2 aromatic rings. The largest absolute Gasteiger partial charge is 0.353 e. The van der Waals surface area contributed by atoms with Crippen LogP contribution in [-0.2, 0) is 4.79 Å². The number of nitrogens with zero attached hydrogens (tertiary/aromatic N) is 4. The third kappa shape index (κ3) is 3.32. The summed E-state index contributed by atoms with van der Waals surface area (Å²) in [7, 11) is 0. The van der Waals surface area contributed by atoms with E-state index in [0.29, 0.717) is 24.5 Å². The van der Waals surface area contributed by atoms with Crippen LogP contribution < -0.4 is 5.32 Å². The second kappa shape index (κ2) is 6.67. The third-order valence-corrected chi connectivity index (χ3v) is 3.49. The van der Waals surface area contributed by atoms with Crippen molar-refractivity contribution >= 4 is 29.9 Å². The minimum atomic E-state index is -0.431. The maximum Gasteiger partial charge on any atom is 0.246 e. The third-order valence-electron chi connectivity index (χ3n) is 2.59. The topological polar surface area (TPSA) is 72.7 Å². The molecule has 0 fully saturated rings. The number of aromatic nitrogens is 4. The number of carbonyl (C=O) groups excluding carboxylic acids is 1. The van der Waals surface area contributed by atoms with Crippen LogP contribution in [0.3, 0.4) is 0 Å². The first-order valence-electron chi connectivity index (χ1n) is 5.97. The Labute approximate surface area is 120 Å². The molecule has 0 aliphatic carbocycles. The lowest BCUT2D eigenvalue weighted by Gasteiger charge is -2.12. The summed E-state index contributed by atoms with van der Waals surface area (Å²) in [6.07, 6.45) is 0.609. The number of nitrogens with one attached hydrogen (secondary N) is 1. The number of thiophene rings is 1. The molecule has 0 radical (unpaired) electrons. The fourth-order valence-corrected chi connectivity index (χ4v) is 2.36. The van der Waals surface area contributed by atoms with Gasteiger partial charge in [0, 0.05) is 23.2 Å². The molecule has 0 bridgehead atoms. The second-order valence-electron chi connectivity index (χ2n) is 3.88. The SMILES string of the molecule is CCC(C(=O)NCCS)n1nnc(-c2ccsc2)n1. The Balaban J connectivity index is 2.13. The van der Waals surface area contributed by atoms with Crippen molar-refractivity contribution in [2.45, 2.75) is 19.4 Å². The fourth-order valence-electron chi connectivity index (χ4n) is 1.61. The molecule has 0 spiro atoms. The van der Waals surface area contributed by atoms with Gasteiger partial charge in [-0.3, -0.25) is 4.79 Å². The first-order valence-corrected chi connectivity index (χ1v) is 7.54. The van der Waals surface area contributed by atoms with Gasteiger partial charge in [-0.25, -0.2) is 0 Å². The average Bonchev–Trinajstić information content (AvgIpc) is 3.07. The molecule has 6 nitrogen and oxygen atoms in total. The normalized spacial score (nSPS) is 12.3. The maximum absolute atomic E-state index is 12.0. The molecule has 8 heteroatoms. The van der Waals surface area contributed by atoms with Gasteiger partial charge in [0.25, 0.3) is 0 Å². The van der Waals surface area contributed by atoms with E-state index < -0.39 is 6.04 Å². The van der Waals surface area contributed by atoms with Gasteiger partial charge < -0.3 is 5.32 Å². The lowest BCUT2D eigenvalue weighted by atomic mass is 10.2. The zero-order valence-corrected chi connectivity index (χ0v) is 12.2. The van der Waals surface area contributed by atoms with E-state index in [-0.39, 0.29) is 5.91 Å². The Morgan fingerprint density at radius 2 is 2.47 bits per heavy atom. The molecule has 1 unspecified atom stereocenters. The van der Waals surface area contributed by atoms with Crippen LogP contribution in [0.4, 0.5) is 0 Å². The van der Waals surface area contributed by atoms with Crippen molar-refractivity contribution in [3.05, 3.63) is 16.8 Å². The summed E-state index contributed by atoms with van der Waals surface area (Å²) >= 11 is 5.63. The van der Waals surface area contributed by atoms with Gasteiger partial charge in [0.1, 0.15) is 0 Å². The van der Waals surface area contributed by atoms with E-state index in [2.05, 4.69) is 33.4 Å². The molecular weight excluding hydrogens is 282 g/mol. The summed E-state index contributed by atoms with van der Waals surface area (Å²) in [6, 6.07) is 1.49. The molecule has 2 aromatic heterocycles. The van der Waals surface area contributed by atoms with E-state index in [1.54, 1.807) is 11.3 Å². The van der Waals surface area contributed by atoms with Gasteiger partial charge in [0.2, 0.25) is 11.7 Å². The van der Waals surface area contributed by atoms with Crippen LogP contribution in [0, 0.1) is 0 Å². The first-order chi connectivity index (χ1) is 9.26. The highest BCUT2D eigenvalue weighted by molar-refractivity contribution is 7.80. The summed E-state index contributed by atoms with van der Waals surface area (Å²) in [5, 5.41) is 18.9. The van der Waals surface area contributed by atoms with Gasteiger partial charge in [0.15, 0.2) is 6.04 Å². The minimum Gasteiger partial charge on any atom is -0.353 e. The molecule has 19 heavy (non-hydrogen) atoms. The van der Waals surface area contributed by atoms with Crippen LogP contribution in [0.5, 0.6) is 0 Å². The minimum absolute atomic E-state index is 0.106. The van der Waals surface area contributed by atoms with Crippen LogP contribution in [0.2, 0.25) is 0 Å². The first kappa shape index (κ1) is 14.0. The van der Waals surface area contributed by atoms with Gasteiger partial charge in [-0.1, -0.05) is 6.92 Å². The van der Waals surface area contributed by atoms with Crippen LogP contribution in [0.25, 0.3) is 11.4 Å². The molecule has 1 atom stereocenters. The number of amides is 1. The van der Waals surface area contributed by atoms with E-state index in [0.717, 1.165) is 5.56 Å². The van der Waals surface area contributed by atoms with Crippen molar-refractivity contribution in [2.24, 2.45) is 0 Å². The standard InChI is InChI=1S/C11H15N5OS2/c1-2-9(11(17)12-4-5-18)16-14-10(13-15-16)8-3-6-19-7-8/h3,6-7,9,18H,2,4-5H2,1H3,(H,12,17). The van der Waals surface area contributed by atoms with Gasteiger partial charge in [-0.2, -0.15) is 28.8 Å². The van der Waals surface area contributed by atoms with Crippen molar-refractivity contribution in [2.75, 3.05) is 12.3 Å². The summed E-state index contributed by atoms with van der Waals surface area (Å²) in [5.41, 5.74) is 0.918. The van der Waals surface area contributed by atoms with E-state index in [4.69, 9.17) is 0 Å². The lowest BCUT2D eigenvalue weighted by Crippen LogP contribution is -2.34. The van der Waals surface area contributed by atoms with Crippen molar-refractivity contribution in [3.8, 4) is 11.4 Å². The molecule has 2 heterocycles. The Morgan fingerprint density at radius 1 is 1.63 bits per heavy atom. The zero-order valence-electron chi connectivity index (χ0n) is 10.5. The average molecular weight is 297 g/mol. The smallest absolute Gasteiger partial charge is 0.246 e. The summed E-state index contributed by atoms with van der Waals surface area (Å²) < 4.78 is 0. The van der Waals surface area contributed by atoms with Gasteiger partial charge in [0.05, 0.1) is 0 Å². The van der Waals surface area contributed by atoms with Crippen LogP contribution in [-0.4, -0.2) is 38.4 Å². The van der Waals surface area contributed by atoms with Crippen LogP contribution in [0.1, 0.15) is 19.4 Å². The fraction of sp³-hybridized carbons (Fsp3) is 0.455.